The molecule has 2 heterocycles. The van der Waals surface area contributed by atoms with Gasteiger partial charge >= 0.3 is 0 Å². The summed E-state index contributed by atoms with van der Waals surface area (Å²) >= 11 is 1.60. The maximum absolute atomic E-state index is 5.67. The van der Waals surface area contributed by atoms with Gasteiger partial charge in [0.25, 0.3) is 0 Å². The molecule has 3 rings (SSSR count). The second-order valence-corrected chi connectivity index (χ2v) is 6.35. The zero-order valence-electron chi connectivity index (χ0n) is 11.9. The van der Waals surface area contributed by atoms with Crippen LogP contribution in [-0.4, -0.2) is 41.0 Å². The molecule has 1 aliphatic rings. The number of hydrogen-bond donors (Lipinski definition) is 1. The molecule has 2 N–H and O–H groups in total. The van der Waals surface area contributed by atoms with Gasteiger partial charge in [-0.15, -0.1) is 23.7 Å². The fraction of sp³-hybridized carbons (Fsp3) is 0.400. The lowest BCUT2D eigenvalue weighted by atomic mass is 10.2. The van der Waals surface area contributed by atoms with Gasteiger partial charge in [-0.05, 0) is 5.56 Å². The molecule has 1 saturated heterocycles. The number of nitrogens with zero attached hydrogens (tertiary/aromatic N) is 3. The van der Waals surface area contributed by atoms with Crippen molar-refractivity contribution in [2.24, 2.45) is 0 Å². The summed E-state index contributed by atoms with van der Waals surface area (Å²) in [5, 5.41) is 0.669. The van der Waals surface area contributed by atoms with Crippen molar-refractivity contribution in [3.8, 4) is 0 Å². The number of nitrogens with two attached hydrogens (primary N) is 1. The molecule has 1 aliphatic heterocycles. The highest BCUT2D eigenvalue weighted by molar-refractivity contribution is 7.15. The Balaban J connectivity index is 0.00000161. The molecule has 0 saturated carbocycles. The van der Waals surface area contributed by atoms with Crippen LogP contribution in [-0.2, 0) is 13.1 Å². The van der Waals surface area contributed by atoms with Crippen molar-refractivity contribution < 1.29 is 0 Å². The van der Waals surface area contributed by atoms with Crippen molar-refractivity contribution in [1.82, 2.24) is 14.8 Å². The standard InChI is InChI=1S/C15H20N4S.ClH/c16-15-17-10-14(20-15)12-19-8-6-18(7-9-19)11-13-4-2-1-3-5-13;/h1-5,10H,6-9,11-12H2,(H2,16,17);1H. The van der Waals surface area contributed by atoms with Gasteiger partial charge in [-0.1, -0.05) is 30.3 Å². The monoisotopic (exact) mass is 324 g/mol. The lowest BCUT2D eigenvalue weighted by Crippen LogP contribution is -2.45. The van der Waals surface area contributed by atoms with E-state index < -0.39 is 0 Å². The summed E-state index contributed by atoms with van der Waals surface area (Å²) in [4.78, 5) is 10.4. The summed E-state index contributed by atoms with van der Waals surface area (Å²) in [5.41, 5.74) is 7.07. The van der Waals surface area contributed by atoms with Crippen LogP contribution < -0.4 is 5.73 Å². The van der Waals surface area contributed by atoms with Gasteiger partial charge in [0.2, 0.25) is 0 Å². The summed E-state index contributed by atoms with van der Waals surface area (Å²) < 4.78 is 0. The number of thiazole rings is 1. The molecule has 0 aliphatic carbocycles. The normalized spacial score (nSPS) is 16.6. The van der Waals surface area contributed by atoms with Crippen LogP contribution in [0.1, 0.15) is 10.4 Å². The van der Waals surface area contributed by atoms with E-state index in [-0.39, 0.29) is 12.4 Å². The first kappa shape index (κ1) is 16.2. The summed E-state index contributed by atoms with van der Waals surface area (Å²) in [5.74, 6) is 0. The van der Waals surface area contributed by atoms with E-state index in [1.54, 1.807) is 11.3 Å². The Morgan fingerprint density at radius 1 is 1.00 bits per heavy atom. The Hall–Kier alpha value is -1.14. The van der Waals surface area contributed by atoms with E-state index in [1.165, 1.54) is 10.4 Å². The van der Waals surface area contributed by atoms with Gasteiger partial charge in [-0.25, -0.2) is 4.98 Å². The van der Waals surface area contributed by atoms with Gasteiger partial charge in [-0.2, -0.15) is 0 Å². The molecule has 0 atom stereocenters. The molecule has 0 amide bonds. The summed E-state index contributed by atoms with van der Waals surface area (Å²) in [6.45, 7) is 6.53. The molecule has 1 aromatic carbocycles. The van der Waals surface area contributed by atoms with E-state index in [0.717, 1.165) is 39.3 Å². The zero-order chi connectivity index (χ0) is 13.8. The maximum atomic E-state index is 5.67. The number of benzene rings is 1. The van der Waals surface area contributed by atoms with Crippen molar-refractivity contribution >= 4 is 28.9 Å². The lowest BCUT2D eigenvalue weighted by Gasteiger charge is -2.34. The van der Waals surface area contributed by atoms with Crippen LogP contribution in [0.2, 0.25) is 0 Å². The van der Waals surface area contributed by atoms with E-state index in [0.29, 0.717) is 5.13 Å². The molecule has 0 unspecified atom stereocenters. The maximum Gasteiger partial charge on any atom is 0.180 e. The average Bonchev–Trinajstić information content (AvgIpc) is 2.88. The fourth-order valence-electron chi connectivity index (χ4n) is 2.56. The average molecular weight is 325 g/mol. The minimum absolute atomic E-state index is 0. The molecular formula is C15H21ClN4S. The quantitative estimate of drug-likeness (QED) is 0.938. The van der Waals surface area contributed by atoms with Gasteiger partial charge in [0, 0.05) is 50.3 Å². The van der Waals surface area contributed by atoms with Crippen LogP contribution >= 0.6 is 23.7 Å². The molecule has 114 valence electrons. The minimum Gasteiger partial charge on any atom is -0.375 e. The van der Waals surface area contributed by atoms with Crippen molar-refractivity contribution in [1.29, 1.82) is 0 Å². The van der Waals surface area contributed by atoms with Crippen molar-refractivity contribution in [2.75, 3.05) is 31.9 Å². The van der Waals surface area contributed by atoms with E-state index >= 15 is 0 Å². The zero-order valence-corrected chi connectivity index (χ0v) is 13.6. The predicted molar refractivity (Wildman–Crippen MR) is 90.8 cm³/mol. The molecule has 6 heteroatoms. The third-order valence-electron chi connectivity index (χ3n) is 3.66. The smallest absolute Gasteiger partial charge is 0.180 e. The molecule has 0 radical (unpaired) electrons. The lowest BCUT2D eigenvalue weighted by molar-refractivity contribution is 0.123. The molecular weight excluding hydrogens is 304 g/mol. The second kappa shape index (κ2) is 7.75. The van der Waals surface area contributed by atoms with Gasteiger partial charge in [0.05, 0.1) is 0 Å². The van der Waals surface area contributed by atoms with Crippen LogP contribution in [0, 0.1) is 0 Å². The number of piperazine rings is 1. The SMILES string of the molecule is Cl.Nc1ncc(CN2CCN(Cc3ccccc3)CC2)s1. The van der Waals surface area contributed by atoms with E-state index in [9.17, 15) is 0 Å². The number of aromatic nitrogens is 1. The van der Waals surface area contributed by atoms with Crippen LogP contribution in [0.25, 0.3) is 0 Å². The van der Waals surface area contributed by atoms with Crippen LogP contribution in [0.15, 0.2) is 36.5 Å². The summed E-state index contributed by atoms with van der Waals surface area (Å²) in [7, 11) is 0. The van der Waals surface area contributed by atoms with E-state index in [2.05, 4.69) is 45.1 Å². The Morgan fingerprint density at radius 3 is 2.19 bits per heavy atom. The van der Waals surface area contributed by atoms with Crippen molar-refractivity contribution in [3.05, 3.63) is 47.0 Å². The van der Waals surface area contributed by atoms with Gasteiger partial charge in [0.15, 0.2) is 5.13 Å². The summed E-state index contributed by atoms with van der Waals surface area (Å²) in [6.07, 6.45) is 1.90. The number of rotatable bonds is 4. The predicted octanol–water partition coefficient (Wildman–Crippen LogP) is 2.46. The minimum atomic E-state index is 0. The van der Waals surface area contributed by atoms with Crippen LogP contribution in [0.4, 0.5) is 5.13 Å². The fourth-order valence-corrected chi connectivity index (χ4v) is 3.29. The third-order valence-corrected chi connectivity index (χ3v) is 4.48. The largest absolute Gasteiger partial charge is 0.375 e. The van der Waals surface area contributed by atoms with Gasteiger partial charge in [-0.3, -0.25) is 9.80 Å². The topological polar surface area (TPSA) is 45.4 Å². The van der Waals surface area contributed by atoms with Gasteiger partial charge < -0.3 is 5.73 Å². The Morgan fingerprint density at radius 2 is 1.62 bits per heavy atom. The molecule has 21 heavy (non-hydrogen) atoms. The number of nitrogen functional groups attached to an aromatic ring is 1. The third kappa shape index (κ3) is 4.68. The second-order valence-electron chi connectivity index (χ2n) is 5.20. The van der Waals surface area contributed by atoms with Crippen LogP contribution in [0.3, 0.4) is 0 Å². The molecule has 1 fully saturated rings. The first-order valence-corrected chi connectivity index (χ1v) is 7.80. The first-order valence-electron chi connectivity index (χ1n) is 6.98. The molecule has 2 aromatic rings. The van der Waals surface area contributed by atoms with Crippen molar-refractivity contribution in [2.45, 2.75) is 13.1 Å². The Labute approximate surface area is 136 Å². The Kier molecular flexibility index (Phi) is 5.99. The summed E-state index contributed by atoms with van der Waals surface area (Å²) in [6, 6.07) is 10.7. The molecule has 0 spiro atoms. The highest BCUT2D eigenvalue weighted by Gasteiger charge is 2.17. The number of hydrogen-bond acceptors (Lipinski definition) is 5. The van der Waals surface area contributed by atoms with Crippen molar-refractivity contribution in [3.63, 3.8) is 0 Å². The van der Waals surface area contributed by atoms with E-state index in [4.69, 9.17) is 5.73 Å². The Bertz CT molecular complexity index is 538. The highest BCUT2D eigenvalue weighted by Crippen LogP contribution is 2.17. The van der Waals surface area contributed by atoms with Crippen LogP contribution in [0.5, 0.6) is 0 Å². The first-order chi connectivity index (χ1) is 9.79. The highest BCUT2D eigenvalue weighted by atomic mass is 35.5. The molecule has 1 aromatic heterocycles. The van der Waals surface area contributed by atoms with E-state index in [1.807, 2.05) is 6.20 Å². The molecule has 4 nitrogen and oxygen atoms in total. The molecule has 0 bridgehead atoms. The van der Waals surface area contributed by atoms with Gasteiger partial charge in [0.1, 0.15) is 0 Å². The number of anilines is 1. The number of halogens is 1.